The molecular formula is C11H20N2O3. The molecule has 0 aliphatic carbocycles. The van der Waals surface area contributed by atoms with Gasteiger partial charge < -0.3 is 10.1 Å². The van der Waals surface area contributed by atoms with Gasteiger partial charge in [0.25, 0.3) is 0 Å². The van der Waals surface area contributed by atoms with Crippen LogP contribution in [0.4, 0.5) is 4.79 Å². The SMILES string of the molecule is C[C@H]1CCN(C(=O)OC(C)(C)C)CC(=O)N1. The molecule has 1 rings (SSSR count). The van der Waals surface area contributed by atoms with E-state index in [2.05, 4.69) is 5.32 Å². The maximum atomic E-state index is 11.7. The number of carbonyl (C=O) groups is 2. The fourth-order valence-corrected chi connectivity index (χ4v) is 1.48. The Kier molecular flexibility index (Phi) is 3.78. The number of rotatable bonds is 0. The summed E-state index contributed by atoms with van der Waals surface area (Å²) in [4.78, 5) is 24.6. The van der Waals surface area contributed by atoms with E-state index in [1.807, 2.05) is 27.7 Å². The molecule has 0 bridgehead atoms. The summed E-state index contributed by atoms with van der Waals surface area (Å²) in [6.07, 6.45) is 0.335. The number of nitrogens with one attached hydrogen (secondary N) is 1. The monoisotopic (exact) mass is 228 g/mol. The van der Waals surface area contributed by atoms with Gasteiger partial charge in [-0.1, -0.05) is 0 Å². The van der Waals surface area contributed by atoms with E-state index in [1.54, 1.807) is 0 Å². The van der Waals surface area contributed by atoms with E-state index >= 15 is 0 Å². The lowest BCUT2D eigenvalue weighted by Gasteiger charge is -2.25. The van der Waals surface area contributed by atoms with E-state index < -0.39 is 11.7 Å². The van der Waals surface area contributed by atoms with Crippen LogP contribution in [0, 0.1) is 0 Å². The Morgan fingerprint density at radius 2 is 2.12 bits per heavy atom. The normalized spacial score (nSPS) is 22.4. The lowest BCUT2D eigenvalue weighted by Crippen LogP contribution is -2.41. The highest BCUT2D eigenvalue weighted by Gasteiger charge is 2.26. The molecule has 0 unspecified atom stereocenters. The second kappa shape index (κ2) is 4.72. The molecule has 1 aliphatic heterocycles. The van der Waals surface area contributed by atoms with Crippen LogP contribution in [0.3, 0.4) is 0 Å². The zero-order valence-corrected chi connectivity index (χ0v) is 10.4. The maximum absolute atomic E-state index is 11.7. The first-order valence-electron chi connectivity index (χ1n) is 5.55. The molecule has 1 saturated heterocycles. The van der Waals surface area contributed by atoms with Gasteiger partial charge in [-0.3, -0.25) is 9.69 Å². The molecule has 2 amide bonds. The van der Waals surface area contributed by atoms with Crippen molar-refractivity contribution in [1.29, 1.82) is 0 Å². The van der Waals surface area contributed by atoms with Gasteiger partial charge in [-0.25, -0.2) is 4.79 Å². The Morgan fingerprint density at radius 3 is 2.69 bits per heavy atom. The van der Waals surface area contributed by atoms with Gasteiger partial charge in [-0.05, 0) is 34.1 Å². The molecule has 0 saturated carbocycles. The van der Waals surface area contributed by atoms with Crippen LogP contribution >= 0.6 is 0 Å². The van der Waals surface area contributed by atoms with Gasteiger partial charge in [-0.2, -0.15) is 0 Å². The third-order valence-electron chi connectivity index (χ3n) is 2.23. The molecule has 0 radical (unpaired) electrons. The summed E-state index contributed by atoms with van der Waals surface area (Å²) in [7, 11) is 0. The lowest BCUT2D eigenvalue weighted by atomic mass is 10.2. The van der Waals surface area contributed by atoms with E-state index in [-0.39, 0.29) is 18.5 Å². The standard InChI is InChI=1S/C11H20N2O3/c1-8-5-6-13(7-9(14)12-8)10(15)16-11(2,3)4/h8H,5-7H2,1-4H3,(H,12,14)/t8-/m0/s1. The maximum Gasteiger partial charge on any atom is 0.410 e. The summed E-state index contributed by atoms with van der Waals surface area (Å²) in [6.45, 7) is 7.99. The number of nitrogens with zero attached hydrogens (tertiary/aromatic N) is 1. The van der Waals surface area contributed by atoms with Gasteiger partial charge in [0.15, 0.2) is 0 Å². The molecule has 1 aliphatic rings. The van der Waals surface area contributed by atoms with Gasteiger partial charge >= 0.3 is 6.09 Å². The molecule has 1 heterocycles. The van der Waals surface area contributed by atoms with Crippen molar-refractivity contribution < 1.29 is 14.3 Å². The molecule has 5 nitrogen and oxygen atoms in total. The Balaban J connectivity index is 2.59. The molecule has 5 heteroatoms. The summed E-state index contributed by atoms with van der Waals surface area (Å²) in [5.41, 5.74) is -0.522. The van der Waals surface area contributed by atoms with Crippen molar-refractivity contribution in [3.63, 3.8) is 0 Å². The Morgan fingerprint density at radius 1 is 1.50 bits per heavy atom. The first kappa shape index (κ1) is 12.8. The van der Waals surface area contributed by atoms with Gasteiger partial charge in [0, 0.05) is 12.6 Å². The molecule has 0 spiro atoms. The van der Waals surface area contributed by atoms with Crippen LogP contribution in [-0.4, -0.2) is 41.6 Å². The molecule has 0 aromatic rings. The highest BCUT2D eigenvalue weighted by atomic mass is 16.6. The summed E-state index contributed by atoms with van der Waals surface area (Å²) in [5, 5.41) is 2.80. The highest BCUT2D eigenvalue weighted by molar-refractivity contribution is 5.82. The molecule has 16 heavy (non-hydrogen) atoms. The molecule has 1 N–H and O–H groups in total. The summed E-state index contributed by atoms with van der Waals surface area (Å²) in [6, 6.07) is 0.111. The second-order valence-electron chi connectivity index (χ2n) is 5.16. The molecule has 0 aromatic carbocycles. The fourth-order valence-electron chi connectivity index (χ4n) is 1.48. The van der Waals surface area contributed by atoms with E-state index in [1.165, 1.54) is 4.90 Å². The Bertz CT molecular complexity index is 283. The van der Waals surface area contributed by atoms with Crippen molar-refractivity contribution in [2.45, 2.75) is 45.8 Å². The molecular weight excluding hydrogens is 208 g/mol. The van der Waals surface area contributed by atoms with Gasteiger partial charge in [0.2, 0.25) is 5.91 Å². The topological polar surface area (TPSA) is 58.6 Å². The van der Waals surface area contributed by atoms with Crippen LogP contribution in [0.15, 0.2) is 0 Å². The Labute approximate surface area is 96.1 Å². The number of ether oxygens (including phenoxy) is 1. The minimum Gasteiger partial charge on any atom is -0.444 e. The van der Waals surface area contributed by atoms with Crippen molar-refractivity contribution in [3.05, 3.63) is 0 Å². The highest BCUT2D eigenvalue weighted by Crippen LogP contribution is 2.11. The molecule has 1 atom stereocenters. The summed E-state index contributed by atoms with van der Waals surface area (Å²) >= 11 is 0. The van der Waals surface area contributed by atoms with Crippen LogP contribution < -0.4 is 5.32 Å². The van der Waals surface area contributed by atoms with Gasteiger partial charge in [0.1, 0.15) is 12.1 Å². The largest absolute Gasteiger partial charge is 0.444 e. The average Bonchev–Trinajstić information content (AvgIpc) is 2.23. The minimum absolute atomic E-state index is 0.0826. The second-order valence-corrected chi connectivity index (χ2v) is 5.16. The van der Waals surface area contributed by atoms with E-state index in [4.69, 9.17) is 4.74 Å². The number of hydrogen-bond acceptors (Lipinski definition) is 3. The third-order valence-corrected chi connectivity index (χ3v) is 2.23. The van der Waals surface area contributed by atoms with Crippen molar-refractivity contribution in [1.82, 2.24) is 10.2 Å². The first-order chi connectivity index (χ1) is 7.28. The molecule has 0 aromatic heterocycles. The number of amides is 2. The van der Waals surface area contributed by atoms with E-state index in [0.717, 1.165) is 6.42 Å². The van der Waals surface area contributed by atoms with Crippen molar-refractivity contribution in [3.8, 4) is 0 Å². The zero-order valence-electron chi connectivity index (χ0n) is 10.4. The average molecular weight is 228 g/mol. The van der Waals surface area contributed by atoms with E-state index in [9.17, 15) is 9.59 Å². The number of carbonyl (C=O) groups excluding carboxylic acids is 2. The third kappa shape index (κ3) is 4.08. The first-order valence-corrected chi connectivity index (χ1v) is 5.55. The van der Waals surface area contributed by atoms with Crippen LogP contribution in [0.2, 0.25) is 0 Å². The van der Waals surface area contributed by atoms with Gasteiger partial charge in [0.05, 0.1) is 0 Å². The predicted molar refractivity (Wildman–Crippen MR) is 60.0 cm³/mol. The molecule has 1 fully saturated rings. The van der Waals surface area contributed by atoms with Crippen LogP contribution in [-0.2, 0) is 9.53 Å². The van der Waals surface area contributed by atoms with E-state index in [0.29, 0.717) is 6.54 Å². The smallest absolute Gasteiger partial charge is 0.410 e. The van der Waals surface area contributed by atoms with Crippen LogP contribution in [0.5, 0.6) is 0 Å². The summed E-state index contributed by atoms with van der Waals surface area (Å²) < 4.78 is 5.22. The lowest BCUT2D eigenvalue weighted by molar-refractivity contribution is -0.122. The zero-order chi connectivity index (χ0) is 12.3. The van der Waals surface area contributed by atoms with Crippen molar-refractivity contribution in [2.75, 3.05) is 13.1 Å². The van der Waals surface area contributed by atoms with Crippen molar-refractivity contribution >= 4 is 12.0 Å². The van der Waals surface area contributed by atoms with Crippen LogP contribution in [0.25, 0.3) is 0 Å². The van der Waals surface area contributed by atoms with Gasteiger partial charge in [-0.15, -0.1) is 0 Å². The van der Waals surface area contributed by atoms with Crippen LogP contribution in [0.1, 0.15) is 34.1 Å². The predicted octanol–water partition coefficient (Wildman–Crippen LogP) is 1.13. The van der Waals surface area contributed by atoms with Crippen molar-refractivity contribution in [2.24, 2.45) is 0 Å². The Hall–Kier alpha value is -1.26. The number of hydrogen-bond donors (Lipinski definition) is 1. The summed E-state index contributed by atoms with van der Waals surface area (Å²) in [5.74, 6) is -0.129. The minimum atomic E-state index is -0.522. The molecule has 92 valence electrons. The quantitative estimate of drug-likeness (QED) is 0.676. The fraction of sp³-hybridized carbons (Fsp3) is 0.818.